The van der Waals surface area contributed by atoms with Gasteiger partial charge in [-0.1, -0.05) is 74.0 Å². The van der Waals surface area contributed by atoms with Crippen LogP contribution in [0.15, 0.2) is 78.9 Å². The molecule has 0 spiro atoms. The fourth-order valence-electron chi connectivity index (χ4n) is 4.35. The highest BCUT2D eigenvalue weighted by molar-refractivity contribution is 6.06. The summed E-state index contributed by atoms with van der Waals surface area (Å²) < 4.78 is 7.57. The fourth-order valence-corrected chi connectivity index (χ4v) is 4.35. The normalized spacial score (nSPS) is 11.1. The van der Waals surface area contributed by atoms with Crippen LogP contribution in [0.3, 0.4) is 0 Å². The highest BCUT2D eigenvalue weighted by Crippen LogP contribution is 2.30. The Labute approximate surface area is 209 Å². The van der Waals surface area contributed by atoms with Gasteiger partial charge in [0.25, 0.3) is 0 Å². The number of hydrogen-bond donors (Lipinski definition) is 2. The molecule has 0 bridgehead atoms. The molecule has 0 radical (unpaired) electrons. The van der Waals surface area contributed by atoms with Crippen molar-refractivity contribution >= 4 is 39.5 Å². The van der Waals surface area contributed by atoms with E-state index in [1.54, 1.807) is 0 Å². The Morgan fingerprint density at radius 1 is 0.944 bits per heavy atom. The average Bonchev–Trinajstić information content (AvgIpc) is 3.27. The number of nitrogens with two attached hydrogens (primary N) is 1. The number of carbonyl (C=O) groups is 1. The highest BCUT2D eigenvalue weighted by Gasteiger charge is 2.17. The van der Waals surface area contributed by atoms with E-state index in [1.165, 1.54) is 0 Å². The van der Waals surface area contributed by atoms with E-state index in [4.69, 9.17) is 15.5 Å². The first-order chi connectivity index (χ1) is 17.6. The van der Waals surface area contributed by atoms with Crippen LogP contribution in [0.4, 0.5) is 16.3 Å². The number of unbranched alkanes of at least 4 members (excludes halogenated alkanes) is 1. The molecule has 0 fully saturated rings. The quantitative estimate of drug-likeness (QED) is 0.272. The molecule has 2 heterocycles. The average molecular weight is 480 g/mol. The summed E-state index contributed by atoms with van der Waals surface area (Å²) in [6.45, 7) is 3.04. The molecule has 5 rings (SSSR count). The largest absolute Gasteiger partial charge is 0.444 e. The number of ether oxygens (including phenoxy) is 1. The van der Waals surface area contributed by atoms with Gasteiger partial charge in [-0.3, -0.25) is 5.32 Å². The van der Waals surface area contributed by atoms with E-state index >= 15 is 0 Å². The maximum absolute atomic E-state index is 12.2. The second-order valence-electron chi connectivity index (χ2n) is 8.81. The second-order valence-corrected chi connectivity index (χ2v) is 8.81. The van der Waals surface area contributed by atoms with Gasteiger partial charge < -0.3 is 15.0 Å². The van der Waals surface area contributed by atoms with Crippen LogP contribution in [0.5, 0.6) is 0 Å². The Kier molecular flexibility index (Phi) is 6.80. The SMILES string of the molecule is CCCCc1nc2c(N)nc3ccccc3c2n1Cc1ccc(NC(=O)OCc2ccccc2)cc1. The number of amides is 1. The van der Waals surface area contributed by atoms with Gasteiger partial charge in [0, 0.05) is 24.0 Å². The molecule has 7 heteroatoms. The standard InChI is InChI=1S/C29H29N5O2/c1-2-3-13-25-33-26-27(23-11-7-8-12-24(23)32-28(26)30)34(25)18-20-14-16-22(17-15-20)31-29(35)36-19-21-9-5-4-6-10-21/h4-12,14-17H,2-3,13,18-19H2,1H3,(H2,30,32)(H,31,35). The molecule has 2 aromatic heterocycles. The van der Waals surface area contributed by atoms with Crippen molar-refractivity contribution in [3.05, 3.63) is 95.8 Å². The lowest BCUT2D eigenvalue weighted by Crippen LogP contribution is -2.13. The first-order valence-corrected chi connectivity index (χ1v) is 12.2. The number of hydrogen-bond acceptors (Lipinski definition) is 5. The second kappa shape index (κ2) is 10.5. The number of benzene rings is 3. The van der Waals surface area contributed by atoms with E-state index in [0.717, 1.165) is 58.2 Å². The number of nitrogen functional groups attached to an aromatic ring is 1. The van der Waals surface area contributed by atoms with Crippen molar-refractivity contribution in [3.63, 3.8) is 0 Å². The Morgan fingerprint density at radius 2 is 1.69 bits per heavy atom. The Bertz CT molecular complexity index is 1490. The number of aryl methyl sites for hydroxylation is 1. The lowest BCUT2D eigenvalue weighted by Gasteiger charge is -2.12. The van der Waals surface area contributed by atoms with Gasteiger partial charge in [0.15, 0.2) is 5.82 Å². The van der Waals surface area contributed by atoms with Crippen LogP contribution in [0.2, 0.25) is 0 Å². The van der Waals surface area contributed by atoms with E-state index in [0.29, 0.717) is 18.1 Å². The summed E-state index contributed by atoms with van der Waals surface area (Å²) in [6, 6.07) is 25.4. The predicted octanol–water partition coefficient (Wildman–Crippen LogP) is 6.31. The molecule has 0 saturated carbocycles. The third-order valence-corrected chi connectivity index (χ3v) is 6.20. The van der Waals surface area contributed by atoms with Crippen molar-refractivity contribution in [3.8, 4) is 0 Å². The number of rotatable bonds is 8. The first-order valence-electron chi connectivity index (χ1n) is 12.2. The lowest BCUT2D eigenvalue weighted by atomic mass is 10.1. The molecule has 0 saturated heterocycles. The van der Waals surface area contributed by atoms with Gasteiger partial charge in [0.2, 0.25) is 0 Å². The van der Waals surface area contributed by atoms with E-state index in [2.05, 4.69) is 27.9 Å². The van der Waals surface area contributed by atoms with E-state index in [-0.39, 0.29) is 6.61 Å². The number of nitrogens with zero attached hydrogens (tertiary/aromatic N) is 3. The van der Waals surface area contributed by atoms with Crippen molar-refractivity contribution < 1.29 is 9.53 Å². The van der Waals surface area contributed by atoms with Gasteiger partial charge in [-0.25, -0.2) is 14.8 Å². The molecule has 0 aliphatic heterocycles. The van der Waals surface area contributed by atoms with Gasteiger partial charge >= 0.3 is 6.09 Å². The molecule has 0 unspecified atom stereocenters. The number of para-hydroxylation sites is 1. The van der Waals surface area contributed by atoms with Crippen LogP contribution < -0.4 is 11.1 Å². The zero-order chi connectivity index (χ0) is 24.9. The molecule has 0 aliphatic carbocycles. The number of imidazole rings is 1. The summed E-state index contributed by atoms with van der Waals surface area (Å²) in [5.41, 5.74) is 11.6. The minimum atomic E-state index is -0.483. The molecular weight excluding hydrogens is 450 g/mol. The first kappa shape index (κ1) is 23.4. The molecule has 1 amide bonds. The highest BCUT2D eigenvalue weighted by atomic mass is 16.5. The molecule has 7 nitrogen and oxygen atoms in total. The Morgan fingerprint density at radius 3 is 2.47 bits per heavy atom. The Balaban J connectivity index is 1.37. The summed E-state index contributed by atoms with van der Waals surface area (Å²) in [5, 5.41) is 3.83. The molecule has 3 N–H and O–H groups in total. The smallest absolute Gasteiger partial charge is 0.411 e. The molecule has 0 aliphatic rings. The molecule has 3 aromatic carbocycles. The fraction of sp³-hybridized carbons (Fsp3) is 0.207. The monoisotopic (exact) mass is 479 g/mol. The summed E-state index contributed by atoms with van der Waals surface area (Å²) in [7, 11) is 0. The van der Waals surface area contributed by atoms with Crippen LogP contribution in [-0.2, 0) is 24.3 Å². The third-order valence-electron chi connectivity index (χ3n) is 6.20. The van der Waals surface area contributed by atoms with Gasteiger partial charge in [-0.2, -0.15) is 0 Å². The number of nitrogens with one attached hydrogen (secondary N) is 1. The minimum absolute atomic E-state index is 0.227. The zero-order valence-corrected chi connectivity index (χ0v) is 20.3. The predicted molar refractivity (Wildman–Crippen MR) is 144 cm³/mol. The van der Waals surface area contributed by atoms with Gasteiger partial charge in [0.1, 0.15) is 17.9 Å². The van der Waals surface area contributed by atoms with Crippen molar-refractivity contribution in [1.29, 1.82) is 0 Å². The molecule has 36 heavy (non-hydrogen) atoms. The number of pyridine rings is 1. The van der Waals surface area contributed by atoms with Gasteiger partial charge in [-0.05, 0) is 35.7 Å². The van der Waals surface area contributed by atoms with E-state index in [1.807, 2.05) is 72.8 Å². The minimum Gasteiger partial charge on any atom is -0.444 e. The summed E-state index contributed by atoms with van der Waals surface area (Å²) >= 11 is 0. The van der Waals surface area contributed by atoms with Crippen molar-refractivity contribution in [2.24, 2.45) is 0 Å². The lowest BCUT2D eigenvalue weighted by molar-refractivity contribution is 0.155. The maximum atomic E-state index is 12.2. The Hall–Kier alpha value is -4.39. The van der Waals surface area contributed by atoms with Crippen molar-refractivity contribution in [2.45, 2.75) is 39.3 Å². The zero-order valence-electron chi connectivity index (χ0n) is 20.3. The van der Waals surface area contributed by atoms with Crippen molar-refractivity contribution in [1.82, 2.24) is 14.5 Å². The maximum Gasteiger partial charge on any atom is 0.411 e. The van der Waals surface area contributed by atoms with E-state index in [9.17, 15) is 4.79 Å². The molecular formula is C29H29N5O2. The number of anilines is 2. The number of aromatic nitrogens is 3. The van der Waals surface area contributed by atoms with Gasteiger partial charge in [-0.15, -0.1) is 0 Å². The third kappa shape index (κ3) is 5.00. The van der Waals surface area contributed by atoms with Crippen LogP contribution in [0, 0.1) is 0 Å². The topological polar surface area (TPSA) is 95.1 Å². The summed E-state index contributed by atoms with van der Waals surface area (Å²) in [6.07, 6.45) is 2.51. The van der Waals surface area contributed by atoms with Crippen molar-refractivity contribution in [2.75, 3.05) is 11.1 Å². The van der Waals surface area contributed by atoms with Crippen LogP contribution >= 0.6 is 0 Å². The molecule has 0 atom stereocenters. The summed E-state index contributed by atoms with van der Waals surface area (Å²) in [4.78, 5) is 21.7. The van der Waals surface area contributed by atoms with Crippen LogP contribution in [0.1, 0.15) is 36.7 Å². The van der Waals surface area contributed by atoms with Crippen LogP contribution in [0.25, 0.3) is 21.9 Å². The van der Waals surface area contributed by atoms with Crippen LogP contribution in [-0.4, -0.2) is 20.6 Å². The summed E-state index contributed by atoms with van der Waals surface area (Å²) in [5.74, 6) is 1.46. The molecule has 5 aromatic rings. The number of fused-ring (bicyclic) bond motifs is 3. The van der Waals surface area contributed by atoms with E-state index < -0.39 is 6.09 Å². The molecule has 182 valence electrons. The van der Waals surface area contributed by atoms with Gasteiger partial charge in [0.05, 0.1) is 11.0 Å². The number of carbonyl (C=O) groups excluding carboxylic acids is 1.